The molecule has 0 aromatic heterocycles. The van der Waals surface area contributed by atoms with E-state index < -0.39 is 18.3 Å². The zero-order valence-electron chi connectivity index (χ0n) is 23.9. The van der Waals surface area contributed by atoms with Crippen molar-refractivity contribution < 1.29 is 34.1 Å². The van der Waals surface area contributed by atoms with Gasteiger partial charge in [-0.3, -0.25) is 9.59 Å². The highest BCUT2D eigenvalue weighted by Gasteiger charge is 2.22. The lowest BCUT2D eigenvalue weighted by molar-refractivity contribution is -0.135. The van der Waals surface area contributed by atoms with Crippen molar-refractivity contribution in [3.8, 4) is 0 Å². The standard InChI is InChI=1S/C29H50N2O7/c1-6-24(28(34)35)19-18-23(3)38-22-16-14-12-10-8-9-11-13-15-17-26(32)30-25(29(36)37-5)20-21-27(33)31(4)7-2/h6,18-19,25,29,36H,3,7-17,20-22H2,1-2,4-5H3,(H,30,32)(H,34,35). The number of methoxy groups -OCH3 is 1. The van der Waals surface area contributed by atoms with E-state index in [0.29, 0.717) is 31.8 Å². The molecule has 0 radical (unpaired) electrons. The van der Waals surface area contributed by atoms with Crippen molar-refractivity contribution in [2.75, 3.05) is 27.3 Å². The summed E-state index contributed by atoms with van der Waals surface area (Å²) < 4.78 is 10.5. The van der Waals surface area contributed by atoms with Crippen LogP contribution in [0, 0.1) is 0 Å². The highest BCUT2D eigenvalue weighted by atomic mass is 16.6. The van der Waals surface area contributed by atoms with Crippen LogP contribution in [-0.2, 0) is 23.9 Å². The Labute approximate surface area is 228 Å². The lowest BCUT2D eigenvalue weighted by Crippen LogP contribution is -2.44. The van der Waals surface area contributed by atoms with Crippen LogP contribution in [0.5, 0.6) is 0 Å². The van der Waals surface area contributed by atoms with Gasteiger partial charge in [-0.25, -0.2) is 4.79 Å². The van der Waals surface area contributed by atoms with E-state index in [9.17, 15) is 19.5 Å². The molecule has 0 aromatic rings. The fraction of sp³-hybridized carbons (Fsp3) is 0.690. The maximum Gasteiger partial charge on any atom is 0.335 e. The van der Waals surface area contributed by atoms with Gasteiger partial charge in [0.05, 0.1) is 18.2 Å². The van der Waals surface area contributed by atoms with E-state index >= 15 is 0 Å². The second-order valence-corrected chi connectivity index (χ2v) is 9.38. The first-order valence-corrected chi connectivity index (χ1v) is 13.8. The number of aliphatic hydroxyl groups excluding tert-OH is 1. The summed E-state index contributed by atoms with van der Waals surface area (Å²) in [5.41, 5.74) is 0.203. The van der Waals surface area contributed by atoms with Gasteiger partial charge >= 0.3 is 5.97 Å². The van der Waals surface area contributed by atoms with Gasteiger partial charge in [0.25, 0.3) is 0 Å². The van der Waals surface area contributed by atoms with Crippen molar-refractivity contribution >= 4 is 17.8 Å². The molecule has 218 valence electrons. The number of carboxylic acids is 1. The molecule has 2 atom stereocenters. The van der Waals surface area contributed by atoms with Gasteiger partial charge < -0.3 is 29.9 Å². The number of hydrogen-bond acceptors (Lipinski definition) is 6. The maximum absolute atomic E-state index is 12.3. The SMILES string of the molecule is C=C(C=CC(=CC)C(=O)O)OCCCCCCCCCCCC(=O)NC(CCC(=O)N(C)CC)C(O)OC. The van der Waals surface area contributed by atoms with E-state index in [1.165, 1.54) is 19.3 Å². The Balaban J connectivity index is 3.85. The lowest BCUT2D eigenvalue weighted by atomic mass is 10.1. The predicted molar refractivity (Wildman–Crippen MR) is 149 cm³/mol. The molecule has 38 heavy (non-hydrogen) atoms. The van der Waals surface area contributed by atoms with Gasteiger partial charge in [-0.1, -0.05) is 57.6 Å². The number of allylic oxidation sites excluding steroid dienone is 2. The number of aliphatic hydroxyl groups is 1. The third-order valence-corrected chi connectivity index (χ3v) is 6.34. The number of carbonyl (C=O) groups excluding carboxylic acids is 2. The Morgan fingerprint density at radius 1 is 0.974 bits per heavy atom. The molecule has 0 saturated heterocycles. The highest BCUT2D eigenvalue weighted by molar-refractivity contribution is 5.89. The van der Waals surface area contributed by atoms with Crippen LogP contribution < -0.4 is 5.32 Å². The third kappa shape index (κ3) is 17.7. The molecular formula is C29H50N2O7. The Morgan fingerprint density at radius 2 is 1.55 bits per heavy atom. The van der Waals surface area contributed by atoms with Crippen LogP contribution in [0.4, 0.5) is 0 Å². The number of aliphatic carboxylic acids is 1. The zero-order valence-corrected chi connectivity index (χ0v) is 23.9. The summed E-state index contributed by atoms with van der Waals surface area (Å²) >= 11 is 0. The van der Waals surface area contributed by atoms with E-state index in [1.807, 2.05) is 6.92 Å². The Bertz CT molecular complexity index is 764. The average molecular weight is 539 g/mol. The molecule has 0 aromatic carbocycles. The minimum Gasteiger partial charge on any atom is -0.494 e. The number of nitrogens with zero attached hydrogens (tertiary/aromatic N) is 1. The predicted octanol–water partition coefficient (Wildman–Crippen LogP) is 4.71. The van der Waals surface area contributed by atoms with Crippen LogP contribution in [-0.4, -0.2) is 72.5 Å². The highest BCUT2D eigenvalue weighted by Crippen LogP contribution is 2.12. The van der Waals surface area contributed by atoms with Gasteiger partial charge in [0.15, 0.2) is 6.29 Å². The van der Waals surface area contributed by atoms with Crippen LogP contribution in [0.15, 0.2) is 36.1 Å². The van der Waals surface area contributed by atoms with Crippen LogP contribution in [0.3, 0.4) is 0 Å². The average Bonchev–Trinajstić information content (AvgIpc) is 2.90. The quantitative estimate of drug-likeness (QED) is 0.0565. The minimum absolute atomic E-state index is 0.0278. The molecule has 9 heteroatoms. The fourth-order valence-electron chi connectivity index (χ4n) is 3.73. The van der Waals surface area contributed by atoms with Crippen LogP contribution in [0.1, 0.15) is 90.9 Å². The van der Waals surface area contributed by atoms with Gasteiger partial charge in [-0.2, -0.15) is 0 Å². The molecule has 0 saturated carbocycles. The molecule has 0 heterocycles. The molecule has 0 bridgehead atoms. The number of carbonyl (C=O) groups is 3. The van der Waals surface area contributed by atoms with Crippen molar-refractivity contribution in [1.29, 1.82) is 0 Å². The number of amides is 2. The molecule has 9 nitrogen and oxygen atoms in total. The third-order valence-electron chi connectivity index (χ3n) is 6.34. The number of rotatable bonds is 23. The first kappa shape index (κ1) is 35.4. The maximum atomic E-state index is 12.3. The Hall–Kier alpha value is -2.65. The van der Waals surface area contributed by atoms with Crippen molar-refractivity contribution in [3.63, 3.8) is 0 Å². The summed E-state index contributed by atoms with van der Waals surface area (Å²) in [7, 11) is 3.10. The molecule has 0 aliphatic heterocycles. The second kappa shape index (κ2) is 22.3. The molecule has 0 fully saturated rings. The fourth-order valence-corrected chi connectivity index (χ4v) is 3.73. The molecule has 0 rings (SSSR count). The molecular weight excluding hydrogens is 488 g/mol. The van der Waals surface area contributed by atoms with E-state index in [0.717, 1.165) is 57.8 Å². The number of unbranched alkanes of at least 4 members (excludes halogenated alkanes) is 8. The van der Waals surface area contributed by atoms with Gasteiger partial charge in [-0.05, 0) is 45.3 Å². The summed E-state index contributed by atoms with van der Waals surface area (Å²) in [5, 5.41) is 21.8. The zero-order chi connectivity index (χ0) is 28.8. The van der Waals surface area contributed by atoms with Crippen molar-refractivity contribution in [1.82, 2.24) is 10.2 Å². The summed E-state index contributed by atoms with van der Waals surface area (Å²) in [6.07, 6.45) is 13.8. The first-order valence-electron chi connectivity index (χ1n) is 13.8. The van der Waals surface area contributed by atoms with Crippen LogP contribution in [0.2, 0.25) is 0 Å². The summed E-state index contributed by atoms with van der Waals surface area (Å²) in [6, 6.07) is -0.607. The molecule has 0 aliphatic rings. The molecule has 2 unspecified atom stereocenters. The number of carboxylic acid groups (broad SMARTS) is 1. The first-order chi connectivity index (χ1) is 18.2. The number of nitrogens with one attached hydrogen (secondary N) is 1. The van der Waals surface area contributed by atoms with E-state index in [1.54, 1.807) is 24.9 Å². The minimum atomic E-state index is -1.14. The van der Waals surface area contributed by atoms with Crippen LogP contribution >= 0.6 is 0 Å². The number of ether oxygens (including phenoxy) is 2. The molecule has 2 amide bonds. The number of hydrogen-bond donors (Lipinski definition) is 3. The summed E-state index contributed by atoms with van der Waals surface area (Å²) in [5.74, 6) is -0.679. The molecule has 3 N–H and O–H groups in total. The van der Waals surface area contributed by atoms with Crippen molar-refractivity contribution in [3.05, 3.63) is 36.1 Å². The van der Waals surface area contributed by atoms with Crippen molar-refractivity contribution in [2.45, 2.75) is 103 Å². The smallest absolute Gasteiger partial charge is 0.335 e. The van der Waals surface area contributed by atoms with Gasteiger partial charge in [0.1, 0.15) is 5.76 Å². The summed E-state index contributed by atoms with van der Waals surface area (Å²) in [4.78, 5) is 36.8. The van der Waals surface area contributed by atoms with E-state index in [-0.39, 0.29) is 23.8 Å². The topological polar surface area (TPSA) is 125 Å². The van der Waals surface area contributed by atoms with E-state index in [2.05, 4.69) is 11.9 Å². The summed E-state index contributed by atoms with van der Waals surface area (Å²) in [6.45, 7) is 8.52. The largest absolute Gasteiger partial charge is 0.494 e. The Morgan fingerprint density at radius 3 is 2.08 bits per heavy atom. The van der Waals surface area contributed by atoms with E-state index in [4.69, 9.17) is 14.6 Å². The Kier molecular flexibility index (Phi) is 20.8. The monoisotopic (exact) mass is 538 g/mol. The van der Waals surface area contributed by atoms with Gasteiger partial charge in [0, 0.05) is 33.5 Å². The second-order valence-electron chi connectivity index (χ2n) is 9.38. The molecule has 0 spiro atoms. The normalized spacial score (nSPS) is 13.2. The van der Waals surface area contributed by atoms with Gasteiger partial charge in [-0.15, -0.1) is 0 Å². The van der Waals surface area contributed by atoms with Crippen molar-refractivity contribution in [2.24, 2.45) is 0 Å². The molecule has 0 aliphatic carbocycles. The van der Waals surface area contributed by atoms with Gasteiger partial charge in [0.2, 0.25) is 11.8 Å². The van der Waals surface area contributed by atoms with Crippen LogP contribution in [0.25, 0.3) is 0 Å². The lowest BCUT2D eigenvalue weighted by Gasteiger charge is -2.24.